The van der Waals surface area contributed by atoms with E-state index in [1.54, 1.807) is 4.90 Å². The van der Waals surface area contributed by atoms with E-state index in [1.807, 2.05) is 48.5 Å². The van der Waals surface area contributed by atoms with Crippen LogP contribution in [0.4, 0.5) is 4.79 Å². The summed E-state index contributed by atoms with van der Waals surface area (Å²) >= 11 is 0. The lowest BCUT2D eigenvalue weighted by Crippen LogP contribution is -2.47. The van der Waals surface area contributed by atoms with Gasteiger partial charge in [-0.1, -0.05) is 36.4 Å². The van der Waals surface area contributed by atoms with E-state index in [0.29, 0.717) is 31.6 Å². The number of imide groups is 1. The first kappa shape index (κ1) is 23.1. The Balaban J connectivity index is 1.22. The van der Waals surface area contributed by atoms with E-state index in [-0.39, 0.29) is 18.4 Å². The number of nitrogens with one attached hydrogen (secondary N) is 1. The molecule has 1 aliphatic carbocycles. The molecule has 5 rings (SSSR count). The maximum absolute atomic E-state index is 13.5. The zero-order valence-electron chi connectivity index (χ0n) is 19.7. The Bertz CT molecular complexity index is 1190. The van der Waals surface area contributed by atoms with Crippen LogP contribution in [0.25, 0.3) is 0 Å². The molecule has 4 amide bonds. The van der Waals surface area contributed by atoms with Crippen LogP contribution in [0.2, 0.25) is 0 Å². The van der Waals surface area contributed by atoms with Crippen molar-refractivity contribution in [3.63, 3.8) is 0 Å². The SMILES string of the molecule is N#Cc1ccc(CN2CCCN(C(=O)CN3C(=O)NC4(CCCc5ccccc54)C3=O)CC2)cc1. The van der Waals surface area contributed by atoms with Gasteiger partial charge in [-0.05, 0) is 54.5 Å². The number of rotatable bonds is 4. The summed E-state index contributed by atoms with van der Waals surface area (Å²) in [6, 6.07) is 17.0. The average Bonchev–Trinajstić information content (AvgIpc) is 3.02. The fourth-order valence-corrected chi connectivity index (χ4v) is 5.51. The van der Waals surface area contributed by atoms with Crippen molar-refractivity contribution >= 4 is 17.8 Å². The zero-order chi connectivity index (χ0) is 24.4. The third kappa shape index (κ3) is 4.40. The lowest BCUT2D eigenvalue weighted by atomic mass is 9.76. The number of carbonyl (C=O) groups is 3. The molecule has 0 saturated carbocycles. The maximum Gasteiger partial charge on any atom is 0.325 e. The van der Waals surface area contributed by atoms with E-state index < -0.39 is 11.6 Å². The molecule has 2 fully saturated rings. The predicted molar refractivity (Wildman–Crippen MR) is 129 cm³/mol. The highest BCUT2D eigenvalue weighted by molar-refractivity contribution is 6.09. The Morgan fingerprint density at radius 2 is 1.80 bits per heavy atom. The number of benzene rings is 2. The van der Waals surface area contributed by atoms with Crippen LogP contribution in [0.15, 0.2) is 48.5 Å². The van der Waals surface area contributed by atoms with E-state index in [9.17, 15) is 14.4 Å². The molecule has 0 radical (unpaired) electrons. The van der Waals surface area contributed by atoms with E-state index >= 15 is 0 Å². The minimum absolute atomic E-state index is 0.199. The first-order chi connectivity index (χ1) is 17.0. The fraction of sp³-hybridized carbons (Fsp3) is 0.407. The van der Waals surface area contributed by atoms with Crippen LogP contribution in [0.3, 0.4) is 0 Å². The van der Waals surface area contributed by atoms with Gasteiger partial charge in [-0.25, -0.2) is 4.79 Å². The van der Waals surface area contributed by atoms with Gasteiger partial charge in [0.25, 0.3) is 5.91 Å². The van der Waals surface area contributed by atoms with Crippen LogP contribution in [0, 0.1) is 11.3 Å². The van der Waals surface area contributed by atoms with Gasteiger partial charge in [0, 0.05) is 32.7 Å². The number of nitrogens with zero attached hydrogens (tertiary/aromatic N) is 4. The molecule has 180 valence electrons. The van der Waals surface area contributed by atoms with Crippen LogP contribution >= 0.6 is 0 Å². The number of amides is 4. The van der Waals surface area contributed by atoms with Gasteiger partial charge in [0.2, 0.25) is 5.91 Å². The minimum atomic E-state index is -1.05. The molecule has 2 aromatic carbocycles. The third-order valence-electron chi connectivity index (χ3n) is 7.37. The number of urea groups is 1. The van der Waals surface area contributed by atoms with Gasteiger partial charge >= 0.3 is 6.03 Å². The van der Waals surface area contributed by atoms with E-state index in [0.717, 1.165) is 53.9 Å². The molecular weight excluding hydrogens is 442 g/mol. The van der Waals surface area contributed by atoms with Crippen molar-refractivity contribution < 1.29 is 14.4 Å². The molecule has 1 N–H and O–H groups in total. The number of nitriles is 1. The molecule has 35 heavy (non-hydrogen) atoms. The summed E-state index contributed by atoms with van der Waals surface area (Å²) in [6.07, 6.45) is 3.06. The van der Waals surface area contributed by atoms with Crippen molar-refractivity contribution in [3.8, 4) is 6.07 Å². The van der Waals surface area contributed by atoms with Crippen LogP contribution < -0.4 is 5.32 Å². The van der Waals surface area contributed by atoms with Gasteiger partial charge in [-0.15, -0.1) is 0 Å². The van der Waals surface area contributed by atoms with Crippen molar-refractivity contribution in [2.24, 2.45) is 0 Å². The second kappa shape index (κ2) is 9.51. The molecule has 1 atom stereocenters. The molecule has 2 aliphatic heterocycles. The van der Waals surface area contributed by atoms with Crippen molar-refractivity contribution in [1.29, 1.82) is 5.26 Å². The lowest BCUT2D eigenvalue weighted by molar-refractivity contribution is -0.139. The molecule has 2 saturated heterocycles. The Kier molecular flexibility index (Phi) is 6.27. The highest BCUT2D eigenvalue weighted by Crippen LogP contribution is 2.39. The summed E-state index contributed by atoms with van der Waals surface area (Å²) < 4.78 is 0. The van der Waals surface area contributed by atoms with Gasteiger partial charge in [-0.2, -0.15) is 5.26 Å². The average molecular weight is 472 g/mol. The highest BCUT2D eigenvalue weighted by Gasteiger charge is 2.54. The number of hydrogen-bond acceptors (Lipinski definition) is 5. The van der Waals surface area contributed by atoms with Crippen molar-refractivity contribution in [3.05, 3.63) is 70.8 Å². The van der Waals surface area contributed by atoms with Crippen molar-refractivity contribution in [2.75, 3.05) is 32.7 Å². The smallest absolute Gasteiger partial charge is 0.325 e. The Morgan fingerprint density at radius 3 is 2.60 bits per heavy atom. The zero-order valence-corrected chi connectivity index (χ0v) is 19.7. The Labute approximate surface area is 205 Å². The predicted octanol–water partition coefficient (Wildman–Crippen LogP) is 2.38. The normalized spacial score (nSPS) is 22.5. The molecule has 0 bridgehead atoms. The molecule has 1 spiro atoms. The lowest BCUT2D eigenvalue weighted by Gasteiger charge is -2.33. The van der Waals surface area contributed by atoms with Crippen molar-refractivity contribution in [1.82, 2.24) is 20.0 Å². The monoisotopic (exact) mass is 471 g/mol. The van der Waals surface area contributed by atoms with Crippen LogP contribution in [0.1, 0.15) is 41.5 Å². The maximum atomic E-state index is 13.5. The van der Waals surface area contributed by atoms with Crippen LogP contribution in [-0.2, 0) is 28.1 Å². The van der Waals surface area contributed by atoms with Gasteiger partial charge < -0.3 is 10.2 Å². The molecule has 2 heterocycles. The minimum Gasteiger partial charge on any atom is -0.340 e. The number of fused-ring (bicyclic) bond motifs is 2. The van der Waals surface area contributed by atoms with E-state index in [4.69, 9.17) is 5.26 Å². The summed E-state index contributed by atoms with van der Waals surface area (Å²) in [5.41, 5.74) is 2.65. The molecule has 2 aromatic rings. The van der Waals surface area contributed by atoms with Crippen LogP contribution in [-0.4, -0.2) is 65.3 Å². The standard InChI is InChI=1S/C27H29N5O3/c28-17-20-8-10-21(11-9-20)18-30-13-4-14-31(16-15-30)24(33)19-32-25(34)27(29-26(32)35)12-3-6-22-5-1-2-7-23(22)27/h1-2,5,7-11H,3-4,6,12-16,18-19H2,(H,29,35). The number of hydrogen-bond donors (Lipinski definition) is 1. The summed E-state index contributed by atoms with van der Waals surface area (Å²) in [5, 5.41) is 11.9. The summed E-state index contributed by atoms with van der Waals surface area (Å²) in [6.45, 7) is 3.23. The summed E-state index contributed by atoms with van der Waals surface area (Å²) in [7, 11) is 0. The van der Waals surface area contributed by atoms with Gasteiger partial charge in [0.15, 0.2) is 0 Å². The number of aryl methyl sites for hydroxylation is 1. The molecule has 3 aliphatic rings. The van der Waals surface area contributed by atoms with E-state index in [2.05, 4.69) is 16.3 Å². The van der Waals surface area contributed by atoms with Gasteiger partial charge in [0.1, 0.15) is 12.1 Å². The Morgan fingerprint density at radius 1 is 1.00 bits per heavy atom. The highest BCUT2D eigenvalue weighted by atomic mass is 16.2. The molecule has 0 aromatic heterocycles. The Hall–Kier alpha value is -3.70. The first-order valence-corrected chi connectivity index (χ1v) is 12.2. The second-order valence-corrected chi connectivity index (χ2v) is 9.56. The second-order valence-electron chi connectivity index (χ2n) is 9.56. The molecule has 8 nitrogen and oxygen atoms in total. The fourth-order valence-electron chi connectivity index (χ4n) is 5.51. The van der Waals surface area contributed by atoms with Crippen LogP contribution in [0.5, 0.6) is 0 Å². The van der Waals surface area contributed by atoms with E-state index in [1.165, 1.54) is 0 Å². The third-order valence-corrected chi connectivity index (χ3v) is 7.37. The molecular formula is C27H29N5O3. The van der Waals surface area contributed by atoms with Crippen molar-refractivity contribution in [2.45, 2.75) is 37.8 Å². The number of carbonyl (C=O) groups excluding carboxylic acids is 3. The quantitative estimate of drug-likeness (QED) is 0.691. The topological polar surface area (TPSA) is 96.8 Å². The first-order valence-electron chi connectivity index (χ1n) is 12.2. The van der Waals surface area contributed by atoms with Gasteiger partial charge in [0.05, 0.1) is 11.6 Å². The van der Waals surface area contributed by atoms with Gasteiger partial charge in [-0.3, -0.25) is 19.4 Å². The molecule has 8 heteroatoms. The summed E-state index contributed by atoms with van der Waals surface area (Å²) in [5.74, 6) is -0.518. The molecule has 1 unspecified atom stereocenters. The summed E-state index contributed by atoms with van der Waals surface area (Å²) in [4.78, 5) is 44.6. The largest absolute Gasteiger partial charge is 0.340 e.